The number of hydrogen-bond acceptors (Lipinski definition) is 4. The van der Waals surface area contributed by atoms with Gasteiger partial charge >= 0.3 is 5.97 Å². The lowest BCUT2D eigenvalue weighted by Gasteiger charge is -2.11. The van der Waals surface area contributed by atoms with Gasteiger partial charge in [-0.15, -0.1) is 6.58 Å². The first kappa shape index (κ1) is 15.6. The fraction of sp³-hybridized carbons (Fsp3) is 0.167. The molecule has 0 saturated heterocycles. The van der Waals surface area contributed by atoms with Crippen molar-refractivity contribution in [2.45, 2.75) is 13.3 Å². The summed E-state index contributed by atoms with van der Waals surface area (Å²) in [5.74, 6) is 0.937. The molecule has 1 N–H and O–H groups in total. The Bertz CT molecular complexity index is 659. The number of hydrogen-bond donors (Lipinski definition) is 1. The average molecular weight is 298 g/mol. The fourth-order valence-electron chi connectivity index (χ4n) is 2.00. The molecule has 0 aromatic heterocycles. The van der Waals surface area contributed by atoms with Crippen molar-refractivity contribution in [2.75, 3.05) is 6.61 Å². The summed E-state index contributed by atoms with van der Waals surface area (Å²) in [6, 6.07) is 11.8. The average Bonchev–Trinajstić information content (AvgIpc) is 2.52. The van der Waals surface area contributed by atoms with Crippen LogP contribution >= 0.6 is 0 Å². The van der Waals surface area contributed by atoms with Crippen LogP contribution in [0.25, 0.3) is 0 Å². The number of rotatable bonds is 6. The van der Waals surface area contributed by atoms with E-state index in [9.17, 15) is 9.90 Å². The van der Waals surface area contributed by atoms with E-state index in [2.05, 4.69) is 6.58 Å². The zero-order valence-electron chi connectivity index (χ0n) is 12.4. The van der Waals surface area contributed by atoms with E-state index in [4.69, 9.17) is 9.47 Å². The standard InChI is InChI=1S/C18H18O4/c1-3-6-15-16(19)7-5-8-17(15)22-14-11-9-13(10-12-14)18(20)21-4-2/h3,5,7-12,19H,1,4,6H2,2H3. The summed E-state index contributed by atoms with van der Waals surface area (Å²) in [4.78, 5) is 11.6. The summed E-state index contributed by atoms with van der Waals surface area (Å²) >= 11 is 0. The van der Waals surface area contributed by atoms with Crippen LogP contribution in [0.15, 0.2) is 55.1 Å². The molecular weight excluding hydrogens is 280 g/mol. The molecule has 0 aliphatic rings. The number of esters is 1. The van der Waals surface area contributed by atoms with Crippen molar-refractivity contribution in [3.63, 3.8) is 0 Å². The third-order valence-corrected chi connectivity index (χ3v) is 3.05. The highest BCUT2D eigenvalue weighted by atomic mass is 16.5. The van der Waals surface area contributed by atoms with Crippen LogP contribution in [0, 0.1) is 0 Å². The van der Waals surface area contributed by atoms with E-state index in [1.807, 2.05) is 0 Å². The third kappa shape index (κ3) is 3.67. The highest BCUT2D eigenvalue weighted by Gasteiger charge is 2.10. The second-order valence-electron chi connectivity index (χ2n) is 4.59. The molecule has 4 heteroatoms. The molecule has 0 aliphatic heterocycles. The molecule has 0 aliphatic carbocycles. The smallest absolute Gasteiger partial charge is 0.338 e. The van der Waals surface area contributed by atoms with Crippen LogP contribution in [0.3, 0.4) is 0 Å². The quantitative estimate of drug-likeness (QED) is 0.644. The first-order valence-corrected chi connectivity index (χ1v) is 7.02. The van der Waals surface area contributed by atoms with Gasteiger partial charge in [-0.1, -0.05) is 12.1 Å². The molecule has 0 amide bonds. The molecule has 4 nitrogen and oxygen atoms in total. The van der Waals surface area contributed by atoms with Crippen LogP contribution in [-0.2, 0) is 11.2 Å². The molecule has 0 atom stereocenters. The molecule has 0 unspecified atom stereocenters. The number of carbonyl (C=O) groups is 1. The molecule has 114 valence electrons. The van der Waals surface area contributed by atoms with Crippen LogP contribution in [0.2, 0.25) is 0 Å². The lowest BCUT2D eigenvalue weighted by atomic mass is 10.1. The topological polar surface area (TPSA) is 55.8 Å². The number of phenolic OH excluding ortho intramolecular Hbond substituents is 1. The van der Waals surface area contributed by atoms with Gasteiger partial charge < -0.3 is 14.6 Å². The first-order chi connectivity index (χ1) is 10.7. The van der Waals surface area contributed by atoms with E-state index >= 15 is 0 Å². The predicted octanol–water partition coefficient (Wildman–Crippen LogP) is 4.09. The van der Waals surface area contributed by atoms with E-state index in [-0.39, 0.29) is 11.7 Å². The van der Waals surface area contributed by atoms with E-state index in [1.54, 1.807) is 55.5 Å². The summed E-state index contributed by atoms with van der Waals surface area (Å²) < 4.78 is 10.7. The van der Waals surface area contributed by atoms with Crippen LogP contribution in [0.1, 0.15) is 22.8 Å². The zero-order chi connectivity index (χ0) is 15.9. The SMILES string of the molecule is C=CCc1c(O)cccc1Oc1ccc(C(=O)OCC)cc1. The van der Waals surface area contributed by atoms with E-state index in [1.165, 1.54) is 0 Å². The van der Waals surface area contributed by atoms with Gasteiger partial charge in [0, 0.05) is 5.56 Å². The number of aromatic hydroxyl groups is 1. The van der Waals surface area contributed by atoms with Crippen molar-refractivity contribution in [2.24, 2.45) is 0 Å². The van der Waals surface area contributed by atoms with Crippen molar-refractivity contribution < 1.29 is 19.4 Å². The van der Waals surface area contributed by atoms with E-state index in [0.717, 1.165) is 0 Å². The molecule has 0 fully saturated rings. The Balaban J connectivity index is 2.19. The summed E-state index contributed by atoms with van der Waals surface area (Å²) in [5.41, 5.74) is 1.14. The van der Waals surface area contributed by atoms with Crippen molar-refractivity contribution in [3.8, 4) is 17.2 Å². The molecule has 0 bridgehead atoms. The van der Waals surface area contributed by atoms with Gasteiger partial charge in [0.05, 0.1) is 12.2 Å². The van der Waals surface area contributed by atoms with Gasteiger partial charge in [-0.05, 0) is 49.7 Å². The number of phenols is 1. The molecule has 22 heavy (non-hydrogen) atoms. The van der Waals surface area contributed by atoms with Crippen molar-refractivity contribution in [1.82, 2.24) is 0 Å². The van der Waals surface area contributed by atoms with Crippen LogP contribution in [0.4, 0.5) is 0 Å². The molecule has 0 radical (unpaired) electrons. The Morgan fingerprint density at radius 2 is 1.95 bits per heavy atom. The summed E-state index contributed by atoms with van der Waals surface area (Å²) in [7, 11) is 0. The normalized spacial score (nSPS) is 10.0. The number of ether oxygens (including phenoxy) is 2. The Labute approximate surface area is 129 Å². The third-order valence-electron chi connectivity index (χ3n) is 3.05. The summed E-state index contributed by atoms with van der Waals surface area (Å²) in [6.45, 7) is 5.78. The van der Waals surface area contributed by atoms with Crippen molar-refractivity contribution >= 4 is 5.97 Å². The molecule has 2 aromatic carbocycles. The highest BCUT2D eigenvalue weighted by Crippen LogP contribution is 2.32. The zero-order valence-corrected chi connectivity index (χ0v) is 12.4. The fourth-order valence-corrected chi connectivity index (χ4v) is 2.00. The van der Waals surface area contributed by atoms with E-state index in [0.29, 0.717) is 35.7 Å². The Morgan fingerprint density at radius 1 is 1.23 bits per heavy atom. The molecule has 2 aromatic rings. The van der Waals surface area contributed by atoms with Gasteiger partial charge in [-0.25, -0.2) is 4.79 Å². The molecule has 0 spiro atoms. The second kappa shape index (κ2) is 7.31. The molecule has 2 rings (SSSR count). The minimum absolute atomic E-state index is 0.167. The molecule has 0 heterocycles. The minimum Gasteiger partial charge on any atom is -0.508 e. The van der Waals surface area contributed by atoms with Gasteiger partial charge in [0.1, 0.15) is 17.2 Å². The maximum absolute atomic E-state index is 11.6. The van der Waals surface area contributed by atoms with Gasteiger partial charge in [-0.2, -0.15) is 0 Å². The maximum Gasteiger partial charge on any atom is 0.338 e. The first-order valence-electron chi connectivity index (χ1n) is 7.02. The van der Waals surface area contributed by atoms with E-state index < -0.39 is 0 Å². The maximum atomic E-state index is 11.6. The lowest BCUT2D eigenvalue weighted by molar-refractivity contribution is 0.0526. The van der Waals surface area contributed by atoms with Crippen molar-refractivity contribution in [3.05, 3.63) is 66.2 Å². The number of allylic oxidation sites excluding steroid dienone is 1. The largest absolute Gasteiger partial charge is 0.508 e. The molecule has 0 saturated carbocycles. The van der Waals surface area contributed by atoms with Gasteiger partial charge in [0.25, 0.3) is 0 Å². The summed E-state index contributed by atoms with van der Waals surface area (Å²) in [6.07, 6.45) is 2.20. The second-order valence-corrected chi connectivity index (χ2v) is 4.59. The van der Waals surface area contributed by atoms with Gasteiger partial charge in [0.15, 0.2) is 0 Å². The number of carbonyl (C=O) groups excluding carboxylic acids is 1. The Morgan fingerprint density at radius 3 is 2.59 bits per heavy atom. The minimum atomic E-state index is -0.362. The summed E-state index contributed by atoms with van der Waals surface area (Å²) in [5, 5.41) is 9.89. The molecular formula is C18H18O4. The lowest BCUT2D eigenvalue weighted by Crippen LogP contribution is -2.04. The monoisotopic (exact) mass is 298 g/mol. The van der Waals surface area contributed by atoms with Crippen LogP contribution in [0.5, 0.6) is 17.2 Å². The number of benzene rings is 2. The van der Waals surface area contributed by atoms with Crippen LogP contribution in [-0.4, -0.2) is 17.7 Å². The van der Waals surface area contributed by atoms with Crippen LogP contribution < -0.4 is 4.74 Å². The van der Waals surface area contributed by atoms with Gasteiger partial charge in [0.2, 0.25) is 0 Å². The van der Waals surface area contributed by atoms with Gasteiger partial charge in [-0.3, -0.25) is 0 Å². The van der Waals surface area contributed by atoms with Crippen molar-refractivity contribution in [1.29, 1.82) is 0 Å². The Hall–Kier alpha value is -2.75. The Kier molecular flexibility index (Phi) is 5.20. The highest BCUT2D eigenvalue weighted by molar-refractivity contribution is 5.89. The predicted molar refractivity (Wildman–Crippen MR) is 84.5 cm³/mol.